The predicted molar refractivity (Wildman–Crippen MR) is 79.0 cm³/mol. The number of hydrogen-bond acceptors (Lipinski definition) is 3. The Morgan fingerprint density at radius 3 is 2.95 bits per heavy atom. The van der Waals surface area contributed by atoms with E-state index in [1.54, 1.807) is 0 Å². The van der Waals surface area contributed by atoms with Gasteiger partial charge in [0.1, 0.15) is 0 Å². The molecule has 1 aliphatic carbocycles. The van der Waals surface area contributed by atoms with E-state index in [1.807, 2.05) is 18.2 Å². The highest BCUT2D eigenvalue weighted by Crippen LogP contribution is 2.26. The minimum absolute atomic E-state index is 0.174. The summed E-state index contributed by atoms with van der Waals surface area (Å²) in [6.07, 6.45) is 4.96. The fourth-order valence-electron chi connectivity index (χ4n) is 3.39. The summed E-state index contributed by atoms with van der Waals surface area (Å²) in [5.74, 6) is 0.844. The van der Waals surface area contributed by atoms with Crippen molar-refractivity contribution in [3.8, 4) is 0 Å². The summed E-state index contributed by atoms with van der Waals surface area (Å²) in [6, 6.07) is 10.9. The fraction of sp³-hybridized carbons (Fsp3) is 0.562. The Kier molecular flexibility index (Phi) is 4.33. The summed E-state index contributed by atoms with van der Waals surface area (Å²) in [4.78, 5) is 12.1. The van der Waals surface area contributed by atoms with Gasteiger partial charge in [0.2, 0.25) is 5.91 Å². The molecule has 2 fully saturated rings. The molecule has 0 radical (unpaired) electrons. The third-order valence-electron chi connectivity index (χ3n) is 4.49. The van der Waals surface area contributed by atoms with Gasteiger partial charge in [0.25, 0.3) is 0 Å². The quantitative estimate of drug-likeness (QED) is 0.777. The number of hydrogen-bond donors (Lipinski definition) is 3. The van der Waals surface area contributed by atoms with Crippen molar-refractivity contribution in [2.24, 2.45) is 5.92 Å². The van der Waals surface area contributed by atoms with E-state index in [0.717, 1.165) is 19.4 Å². The van der Waals surface area contributed by atoms with Crippen LogP contribution in [-0.2, 0) is 11.2 Å². The first-order chi connectivity index (χ1) is 9.83. The highest BCUT2D eigenvalue weighted by atomic mass is 16.1. The maximum absolute atomic E-state index is 12.1. The molecule has 0 bridgehead atoms. The van der Waals surface area contributed by atoms with Gasteiger partial charge in [0.05, 0.1) is 0 Å². The normalized spacial score (nSPS) is 28.9. The van der Waals surface area contributed by atoms with Gasteiger partial charge in [-0.3, -0.25) is 15.6 Å². The first-order valence-electron chi connectivity index (χ1n) is 7.64. The SMILES string of the molecule is O=C(CCc1ccccc1)NC1CCCC2CNNC21. The second-order valence-electron chi connectivity index (χ2n) is 5.90. The van der Waals surface area contributed by atoms with Gasteiger partial charge in [-0.05, 0) is 30.7 Å². The maximum Gasteiger partial charge on any atom is 0.220 e. The first kappa shape index (κ1) is 13.6. The predicted octanol–water partition coefficient (Wildman–Crippen LogP) is 1.38. The van der Waals surface area contributed by atoms with E-state index in [1.165, 1.54) is 18.4 Å². The number of benzene rings is 1. The fourth-order valence-corrected chi connectivity index (χ4v) is 3.39. The van der Waals surface area contributed by atoms with Crippen molar-refractivity contribution in [2.45, 2.75) is 44.2 Å². The molecule has 20 heavy (non-hydrogen) atoms. The molecule has 1 aromatic rings. The summed E-state index contributed by atoms with van der Waals surface area (Å²) in [5, 5.41) is 3.22. The summed E-state index contributed by atoms with van der Waals surface area (Å²) in [5.41, 5.74) is 7.77. The van der Waals surface area contributed by atoms with Crippen LogP contribution in [0, 0.1) is 5.92 Å². The van der Waals surface area contributed by atoms with E-state index in [2.05, 4.69) is 28.3 Å². The Labute approximate surface area is 120 Å². The molecular formula is C16H23N3O. The van der Waals surface area contributed by atoms with Crippen LogP contribution >= 0.6 is 0 Å². The average molecular weight is 273 g/mol. The number of hydrazine groups is 1. The lowest BCUT2D eigenvalue weighted by molar-refractivity contribution is -0.122. The zero-order valence-electron chi connectivity index (χ0n) is 11.8. The van der Waals surface area contributed by atoms with Crippen molar-refractivity contribution in [3.63, 3.8) is 0 Å². The minimum atomic E-state index is 0.174. The van der Waals surface area contributed by atoms with Crippen LogP contribution < -0.4 is 16.2 Å². The lowest BCUT2D eigenvalue weighted by Crippen LogP contribution is -2.53. The second kappa shape index (κ2) is 6.37. The van der Waals surface area contributed by atoms with E-state index < -0.39 is 0 Å². The largest absolute Gasteiger partial charge is 0.352 e. The number of rotatable bonds is 4. The van der Waals surface area contributed by atoms with Gasteiger partial charge in [0.15, 0.2) is 0 Å². The van der Waals surface area contributed by atoms with E-state index in [-0.39, 0.29) is 11.9 Å². The Bertz CT molecular complexity index is 448. The molecule has 1 aromatic carbocycles. The van der Waals surface area contributed by atoms with Crippen LogP contribution in [0.2, 0.25) is 0 Å². The molecule has 3 N–H and O–H groups in total. The maximum atomic E-state index is 12.1. The molecule has 2 aliphatic rings. The van der Waals surface area contributed by atoms with Crippen molar-refractivity contribution in [1.29, 1.82) is 0 Å². The molecular weight excluding hydrogens is 250 g/mol. The van der Waals surface area contributed by atoms with Gasteiger partial charge in [-0.25, -0.2) is 0 Å². The van der Waals surface area contributed by atoms with Gasteiger partial charge in [0, 0.05) is 25.0 Å². The smallest absolute Gasteiger partial charge is 0.220 e. The topological polar surface area (TPSA) is 53.2 Å². The Hall–Kier alpha value is -1.39. The van der Waals surface area contributed by atoms with E-state index >= 15 is 0 Å². The van der Waals surface area contributed by atoms with Crippen LogP contribution in [0.5, 0.6) is 0 Å². The molecule has 0 spiro atoms. The number of nitrogens with one attached hydrogen (secondary N) is 3. The standard InChI is InChI=1S/C16H23N3O/c20-15(10-9-12-5-2-1-3-6-12)18-14-8-4-7-13-11-17-19-16(13)14/h1-3,5-6,13-14,16-17,19H,4,7-11H2,(H,18,20). The van der Waals surface area contributed by atoms with Crippen LogP contribution in [0.15, 0.2) is 30.3 Å². The lowest BCUT2D eigenvalue weighted by Gasteiger charge is -2.33. The van der Waals surface area contributed by atoms with Crippen LogP contribution in [0.3, 0.4) is 0 Å². The highest BCUT2D eigenvalue weighted by molar-refractivity contribution is 5.76. The number of fused-ring (bicyclic) bond motifs is 1. The van der Waals surface area contributed by atoms with Crippen molar-refractivity contribution < 1.29 is 4.79 Å². The summed E-state index contributed by atoms with van der Waals surface area (Å²) in [7, 11) is 0. The van der Waals surface area contributed by atoms with Crippen LogP contribution in [0.4, 0.5) is 0 Å². The van der Waals surface area contributed by atoms with Crippen molar-refractivity contribution in [1.82, 2.24) is 16.2 Å². The minimum Gasteiger partial charge on any atom is -0.352 e. The Morgan fingerprint density at radius 1 is 1.25 bits per heavy atom. The van der Waals surface area contributed by atoms with E-state index in [9.17, 15) is 4.79 Å². The van der Waals surface area contributed by atoms with Crippen LogP contribution in [-0.4, -0.2) is 24.5 Å². The Morgan fingerprint density at radius 2 is 2.10 bits per heavy atom. The molecule has 0 aromatic heterocycles. The molecule has 3 atom stereocenters. The number of carbonyl (C=O) groups excluding carboxylic acids is 1. The molecule has 3 unspecified atom stereocenters. The van der Waals surface area contributed by atoms with Crippen molar-refractivity contribution >= 4 is 5.91 Å². The van der Waals surface area contributed by atoms with Gasteiger partial charge >= 0.3 is 0 Å². The molecule has 1 heterocycles. The molecule has 3 rings (SSSR count). The first-order valence-corrected chi connectivity index (χ1v) is 7.64. The number of amides is 1. The Balaban J connectivity index is 1.48. The van der Waals surface area contributed by atoms with Crippen LogP contribution in [0.25, 0.3) is 0 Å². The molecule has 1 saturated heterocycles. The van der Waals surface area contributed by atoms with Gasteiger partial charge < -0.3 is 5.32 Å². The van der Waals surface area contributed by atoms with Gasteiger partial charge in [-0.15, -0.1) is 0 Å². The van der Waals surface area contributed by atoms with Crippen molar-refractivity contribution in [2.75, 3.05) is 6.54 Å². The highest BCUT2D eigenvalue weighted by Gasteiger charge is 2.37. The van der Waals surface area contributed by atoms with Gasteiger partial charge in [-0.1, -0.05) is 36.8 Å². The lowest BCUT2D eigenvalue weighted by atomic mass is 9.82. The van der Waals surface area contributed by atoms with Gasteiger partial charge in [-0.2, -0.15) is 0 Å². The third kappa shape index (κ3) is 3.19. The molecule has 1 aliphatic heterocycles. The summed E-state index contributed by atoms with van der Waals surface area (Å²) < 4.78 is 0. The summed E-state index contributed by atoms with van der Waals surface area (Å²) in [6.45, 7) is 1.03. The second-order valence-corrected chi connectivity index (χ2v) is 5.90. The van der Waals surface area contributed by atoms with Crippen molar-refractivity contribution in [3.05, 3.63) is 35.9 Å². The zero-order valence-corrected chi connectivity index (χ0v) is 11.8. The monoisotopic (exact) mass is 273 g/mol. The molecule has 1 saturated carbocycles. The molecule has 4 nitrogen and oxygen atoms in total. The molecule has 1 amide bonds. The van der Waals surface area contributed by atoms with Crippen LogP contribution in [0.1, 0.15) is 31.2 Å². The molecule has 4 heteroatoms. The molecule has 108 valence electrons. The van der Waals surface area contributed by atoms with E-state index in [0.29, 0.717) is 18.4 Å². The number of carbonyl (C=O) groups is 1. The third-order valence-corrected chi connectivity index (χ3v) is 4.49. The van der Waals surface area contributed by atoms with E-state index in [4.69, 9.17) is 0 Å². The number of aryl methyl sites for hydroxylation is 1. The summed E-state index contributed by atoms with van der Waals surface area (Å²) >= 11 is 0. The average Bonchev–Trinajstić information content (AvgIpc) is 2.96. The zero-order chi connectivity index (χ0) is 13.8.